The highest BCUT2D eigenvalue weighted by molar-refractivity contribution is 6.04. The molecule has 0 radical (unpaired) electrons. The first-order valence-corrected chi connectivity index (χ1v) is 7.29. The molecule has 1 fully saturated rings. The fraction of sp³-hybridized carbons (Fsp3) is 0.500. The maximum Gasteiger partial charge on any atom is 0.233 e. The summed E-state index contributed by atoms with van der Waals surface area (Å²) < 4.78 is 0. The molecule has 106 valence electrons. The van der Waals surface area contributed by atoms with Crippen LogP contribution < -0.4 is 5.32 Å². The topological polar surface area (TPSA) is 49.4 Å². The summed E-state index contributed by atoms with van der Waals surface area (Å²) in [5.41, 5.74) is 3.45. The van der Waals surface area contributed by atoms with Gasteiger partial charge in [0.05, 0.1) is 6.54 Å². The maximum absolute atomic E-state index is 12.2. The Kier molecular flexibility index (Phi) is 3.24. The third kappa shape index (κ3) is 1.99. The molecule has 2 unspecified atom stereocenters. The average molecular weight is 272 g/mol. The minimum atomic E-state index is -0.199. The van der Waals surface area contributed by atoms with Gasteiger partial charge in [-0.05, 0) is 24.0 Å². The molecule has 2 aliphatic heterocycles. The van der Waals surface area contributed by atoms with E-state index in [-0.39, 0.29) is 23.7 Å². The lowest BCUT2D eigenvalue weighted by Crippen LogP contribution is -2.31. The molecule has 0 aliphatic carbocycles. The molecule has 2 heterocycles. The highest BCUT2D eigenvalue weighted by atomic mass is 16.2. The van der Waals surface area contributed by atoms with Gasteiger partial charge in [0, 0.05) is 24.1 Å². The van der Waals surface area contributed by atoms with Crippen LogP contribution in [0.4, 0.5) is 5.69 Å². The number of benzene rings is 1. The molecule has 4 heteroatoms. The van der Waals surface area contributed by atoms with Crippen molar-refractivity contribution >= 4 is 17.5 Å². The highest BCUT2D eigenvalue weighted by Gasteiger charge is 2.42. The third-order valence-corrected chi connectivity index (χ3v) is 4.55. The van der Waals surface area contributed by atoms with E-state index in [4.69, 9.17) is 0 Å². The number of likely N-dealkylation sites (tertiary alicyclic amines) is 1. The number of fused-ring (bicyclic) bond motifs is 1. The molecule has 1 aromatic rings. The van der Waals surface area contributed by atoms with Crippen LogP contribution in [0.5, 0.6) is 0 Å². The van der Waals surface area contributed by atoms with Gasteiger partial charge in [0.1, 0.15) is 0 Å². The van der Waals surface area contributed by atoms with Crippen molar-refractivity contribution in [1.29, 1.82) is 0 Å². The Morgan fingerprint density at radius 1 is 1.20 bits per heavy atom. The maximum atomic E-state index is 12.2. The van der Waals surface area contributed by atoms with Crippen LogP contribution in [0.25, 0.3) is 0 Å². The Labute approximate surface area is 119 Å². The summed E-state index contributed by atoms with van der Waals surface area (Å²) in [4.78, 5) is 25.8. The zero-order valence-corrected chi connectivity index (χ0v) is 12.0. The van der Waals surface area contributed by atoms with E-state index >= 15 is 0 Å². The minimum absolute atomic E-state index is 0.0455. The van der Waals surface area contributed by atoms with Crippen molar-refractivity contribution in [2.45, 2.75) is 33.2 Å². The van der Waals surface area contributed by atoms with E-state index in [9.17, 15) is 9.59 Å². The zero-order chi connectivity index (χ0) is 14.3. The van der Waals surface area contributed by atoms with E-state index < -0.39 is 0 Å². The summed E-state index contributed by atoms with van der Waals surface area (Å²) in [6, 6.07) is 6.13. The number of rotatable bonds is 2. The monoisotopic (exact) mass is 272 g/mol. The van der Waals surface area contributed by atoms with Gasteiger partial charge in [-0.1, -0.05) is 32.0 Å². The van der Waals surface area contributed by atoms with Crippen LogP contribution in [0.2, 0.25) is 0 Å². The summed E-state index contributed by atoms with van der Waals surface area (Å²) in [5, 5.41) is 3.41. The molecule has 1 N–H and O–H groups in total. The smallest absolute Gasteiger partial charge is 0.233 e. The minimum Gasteiger partial charge on any atom is -0.385 e. The molecule has 2 atom stereocenters. The van der Waals surface area contributed by atoms with Crippen LogP contribution in [-0.4, -0.2) is 23.3 Å². The van der Waals surface area contributed by atoms with Crippen LogP contribution in [0, 0.1) is 11.8 Å². The second-order valence-electron chi connectivity index (χ2n) is 5.82. The van der Waals surface area contributed by atoms with Crippen LogP contribution in [0.15, 0.2) is 18.2 Å². The summed E-state index contributed by atoms with van der Waals surface area (Å²) >= 11 is 0. The van der Waals surface area contributed by atoms with Gasteiger partial charge in [-0.15, -0.1) is 0 Å². The Bertz CT molecular complexity index is 548. The number of para-hydroxylation sites is 1. The van der Waals surface area contributed by atoms with Crippen LogP contribution in [-0.2, 0) is 22.6 Å². The number of imide groups is 1. The summed E-state index contributed by atoms with van der Waals surface area (Å²) in [6.07, 6.45) is 2.19. The number of carbonyl (C=O) groups is 2. The van der Waals surface area contributed by atoms with Crippen molar-refractivity contribution in [3.63, 3.8) is 0 Å². The fourth-order valence-corrected chi connectivity index (χ4v) is 3.07. The molecule has 20 heavy (non-hydrogen) atoms. The first-order valence-electron chi connectivity index (χ1n) is 7.29. The Morgan fingerprint density at radius 2 is 1.90 bits per heavy atom. The number of aryl methyl sites for hydroxylation is 1. The largest absolute Gasteiger partial charge is 0.385 e. The molecular formula is C16H20N2O2. The molecule has 2 amide bonds. The normalized spacial score (nSPS) is 25.6. The summed E-state index contributed by atoms with van der Waals surface area (Å²) in [5.74, 6) is -0.489. The van der Waals surface area contributed by atoms with E-state index in [1.807, 2.05) is 26.0 Å². The fourth-order valence-electron chi connectivity index (χ4n) is 3.07. The van der Waals surface area contributed by atoms with Crippen molar-refractivity contribution in [2.75, 3.05) is 11.9 Å². The van der Waals surface area contributed by atoms with E-state index in [0.29, 0.717) is 6.54 Å². The molecular weight excluding hydrogens is 252 g/mol. The molecule has 1 saturated heterocycles. The van der Waals surface area contributed by atoms with Gasteiger partial charge in [-0.3, -0.25) is 14.5 Å². The first-order chi connectivity index (χ1) is 9.59. The quantitative estimate of drug-likeness (QED) is 0.840. The Balaban J connectivity index is 1.89. The molecule has 0 saturated carbocycles. The zero-order valence-electron chi connectivity index (χ0n) is 12.0. The van der Waals surface area contributed by atoms with E-state index in [2.05, 4.69) is 11.4 Å². The lowest BCUT2D eigenvalue weighted by Gasteiger charge is -2.23. The average Bonchev–Trinajstić information content (AvgIpc) is 2.65. The molecule has 4 nitrogen and oxygen atoms in total. The SMILES string of the molecule is CC1C(=O)N(Cc2cccc3c2NCCC3)C(=O)C1C. The summed E-state index contributed by atoms with van der Waals surface area (Å²) in [7, 11) is 0. The van der Waals surface area contributed by atoms with Crippen LogP contribution in [0.3, 0.4) is 0 Å². The van der Waals surface area contributed by atoms with Gasteiger partial charge in [-0.25, -0.2) is 0 Å². The van der Waals surface area contributed by atoms with Crippen molar-refractivity contribution in [3.05, 3.63) is 29.3 Å². The van der Waals surface area contributed by atoms with E-state index in [1.54, 1.807) is 0 Å². The highest BCUT2D eigenvalue weighted by Crippen LogP contribution is 2.31. The Morgan fingerprint density at radius 3 is 2.60 bits per heavy atom. The van der Waals surface area contributed by atoms with Gasteiger partial charge in [-0.2, -0.15) is 0 Å². The molecule has 3 rings (SSSR count). The number of anilines is 1. The third-order valence-electron chi connectivity index (χ3n) is 4.55. The van der Waals surface area contributed by atoms with E-state index in [0.717, 1.165) is 30.6 Å². The summed E-state index contributed by atoms with van der Waals surface area (Å²) in [6.45, 7) is 5.02. The number of hydrogen-bond donors (Lipinski definition) is 1. The number of amides is 2. The number of nitrogens with one attached hydrogen (secondary N) is 1. The second-order valence-corrected chi connectivity index (χ2v) is 5.82. The second kappa shape index (κ2) is 4.93. The number of carbonyl (C=O) groups excluding carboxylic acids is 2. The lowest BCUT2D eigenvalue weighted by atomic mass is 9.99. The van der Waals surface area contributed by atoms with Crippen LogP contribution in [0.1, 0.15) is 31.4 Å². The predicted octanol–water partition coefficient (Wildman–Crippen LogP) is 2.19. The number of nitrogens with zero attached hydrogens (tertiary/aromatic N) is 1. The first kappa shape index (κ1) is 13.2. The standard InChI is InChI=1S/C16H20N2O2/c1-10-11(2)16(20)18(15(10)19)9-13-6-3-5-12-7-4-8-17-14(12)13/h3,5-6,10-11,17H,4,7-9H2,1-2H3. The number of hydrogen-bond acceptors (Lipinski definition) is 3. The van der Waals surface area contributed by atoms with Crippen molar-refractivity contribution in [3.8, 4) is 0 Å². The molecule has 0 aromatic heterocycles. The van der Waals surface area contributed by atoms with Crippen molar-refractivity contribution in [2.24, 2.45) is 11.8 Å². The van der Waals surface area contributed by atoms with Gasteiger partial charge < -0.3 is 5.32 Å². The van der Waals surface area contributed by atoms with Crippen molar-refractivity contribution in [1.82, 2.24) is 4.90 Å². The predicted molar refractivity (Wildman–Crippen MR) is 77.1 cm³/mol. The Hall–Kier alpha value is -1.84. The molecule has 2 aliphatic rings. The molecule has 0 spiro atoms. The van der Waals surface area contributed by atoms with Gasteiger partial charge in [0.15, 0.2) is 0 Å². The van der Waals surface area contributed by atoms with Gasteiger partial charge in [0.25, 0.3) is 0 Å². The van der Waals surface area contributed by atoms with Gasteiger partial charge >= 0.3 is 0 Å². The lowest BCUT2D eigenvalue weighted by molar-refractivity contribution is -0.140. The van der Waals surface area contributed by atoms with E-state index in [1.165, 1.54) is 10.5 Å². The van der Waals surface area contributed by atoms with Crippen LogP contribution >= 0.6 is 0 Å². The van der Waals surface area contributed by atoms with Gasteiger partial charge in [0.2, 0.25) is 11.8 Å². The molecule has 0 bridgehead atoms. The van der Waals surface area contributed by atoms with Crippen molar-refractivity contribution < 1.29 is 9.59 Å². The molecule has 1 aromatic carbocycles.